The fourth-order valence-corrected chi connectivity index (χ4v) is 2.41. The summed E-state index contributed by atoms with van der Waals surface area (Å²) in [6.45, 7) is 4.21. The molecule has 0 aliphatic rings. The molecule has 24 heavy (non-hydrogen) atoms. The minimum atomic E-state index is -0.290. The Kier molecular flexibility index (Phi) is 7.00. The Morgan fingerprint density at radius 2 is 1.96 bits per heavy atom. The van der Waals surface area contributed by atoms with Crippen molar-refractivity contribution in [2.75, 3.05) is 6.61 Å². The summed E-state index contributed by atoms with van der Waals surface area (Å²) < 4.78 is 6.65. The average molecular weight is 389 g/mol. The number of carbonyl (C=O) groups excluding carboxylic acids is 1. The number of hydrogen-bond acceptors (Lipinski definition) is 3. The molecule has 0 radical (unpaired) electrons. The number of hydrogen-bond donors (Lipinski definition) is 1. The van der Waals surface area contributed by atoms with Crippen LogP contribution in [-0.2, 0) is 4.79 Å². The van der Waals surface area contributed by atoms with E-state index in [1.807, 2.05) is 48.5 Å². The quantitative estimate of drug-likeness (QED) is 0.560. The number of hydrazone groups is 1. The Labute approximate surface area is 151 Å². The van der Waals surface area contributed by atoms with E-state index >= 15 is 0 Å². The number of halogens is 1. The maximum atomic E-state index is 11.9. The van der Waals surface area contributed by atoms with Crippen molar-refractivity contribution in [1.29, 1.82) is 0 Å². The third-order valence-corrected chi connectivity index (χ3v) is 4.22. The van der Waals surface area contributed by atoms with E-state index in [2.05, 4.69) is 40.3 Å². The highest BCUT2D eigenvalue weighted by Gasteiger charge is 2.10. The van der Waals surface area contributed by atoms with E-state index in [-0.39, 0.29) is 12.5 Å². The second-order valence-corrected chi connectivity index (χ2v) is 6.40. The van der Waals surface area contributed by atoms with E-state index in [0.717, 1.165) is 27.8 Å². The van der Waals surface area contributed by atoms with E-state index in [1.165, 1.54) is 0 Å². The fraction of sp³-hybridized carbons (Fsp3) is 0.263. The van der Waals surface area contributed by atoms with Crippen molar-refractivity contribution in [2.24, 2.45) is 5.10 Å². The number of carbonyl (C=O) groups is 1. The lowest BCUT2D eigenvalue weighted by atomic mass is 9.98. The highest BCUT2D eigenvalue weighted by molar-refractivity contribution is 9.10. The predicted molar refractivity (Wildman–Crippen MR) is 101 cm³/mol. The molecule has 0 aliphatic heterocycles. The van der Waals surface area contributed by atoms with Crippen molar-refractivity contribution < 1.29 is 9.53 Å². The van der Waals surface area contributed by atoms with Gasteiger partial charge in [0.05, 0.1) is 6.21 Å². The molecule has 0 spiro atoms. The lowest BCUT2D eigenvalue weighted by Gasteiger charge is -2.15. The molecule has 0 fully saturated rings. The molecule has 1 N–H and O–H groups in total. The monoisotopic (exact) mass is 388 g/mol. The molecular weight excluding hydrogens is 368 g/mol. The normalized spacial score (nSPS) is 12.1. The molecule has 1 amide bonds. The van der Waals surface area contributed by atoms with Gasteiger partial charge in [-0.1, -0.05) is 60.1 Å². The van der Waals surface area contributed by atoms with Crippen LogP contribution in [0.2, 0.25) is 0 Å². The lowest BCUT2D eigenvalue weighted by Crippen LogP contribution is -2.24. The predicted octanol–water partition coefficient (Wildman–Crippen LogP) is 4.49. The molecular formula is C19H21BrN2O2. The van der Waals surface area contributed by atoms with Gasteiger partial charge >= 0.3 is 0 Å². The number of ether oxygens (including phenoxy) is 1. The number of para-hydroxylation sites is 1. The van der Waals surface area contributed by atoms with Gasteiger partial charge in [0, 0.05) is 4.47 Å². The number of nitrogens with one attached hydrogen (secondary N) is 1. The Bertz CT molecular complexity index is 699. The van der Waals surface area contributed by atoms with E-state index in [9.17, 15) is 4.79 Å². The third-order valence-electron chi connectivity index (χ3n) is 3.69. The summed E-state index contributed by atoms with van der Waals surface area (Å²) in [5, 5.41) is 3.94. The zero-order valence-electron chi connectivity index (χ0n) is 13.8. The minimum absolute atomic E-state index is 0.0644. The van der Waals surface area contributed by atoms with Gasteiger partial charge in [-0.05, 0) is 41.7 Å². The Balaban J connectivity index is 1.86. The zero-order valence-corrected chi connectivity index (χ0v) is 15.4. The van der Waals surface area contributed by atoms with Crippen molar-refractivity contribution in [2.45, 2.75) is 26.2 Å². The van der Waals surface area contributed by atoms with Gasteiger partial charge in [0.25, 0.3) is 5.91 Å². The first-order valence-electron chi connectivity index (χ1n) is 7.89. The van der Waals surface area contributed by atoms with Gasteiger partial charge < -0.3 is 4.74 Å². The van der Waals surface area contributed by atoms with Gasteiger partial charge in [-0.25, -0.2) is 5.43 Å². The molecule has 2 aromatic rings. The summed E-state index contributed by atoms with van der Waals surface area (Å²) in [6.07, 6.45) is 2.61. The van der Waals surface area contributed by atoms with Crippen LogP contribution in [-0.4, -0.2) is 18.7 Å². The van der Waals surface area contributed by atoms with Gasteiger partial charge in [-0.15, -0.1) is 0 Å². The maximum Gasteiger partial charge on any atom is 0.277 e. The Morgan fingerprint density at radius 3 is 2.67 bits per heavy atom. The molecule has 0 aromatic heterocycles. The summed E-state index contributed by atoms with van der Waals surface area (Å²) >= 11 is 3.37. The molecule has 126 valence electrons. The Morgan fingerprint density at radius 1 is 1.25 bits per heavy atom. The maximum absolute atomic E-state index is 11.9. The summed E-state index contributed by atoms with van der Waals surface area (Å²) in [5.74, 6) is 0.848. The fourth-order valence-electron chi connectivity index (χ4n) is 2.14. The molecule has 0 aliphatic carbocycles. The molecule has 2 aromatic carbocycles. The first-order chi connectivity index (χ1) is 11.6. The van der Waals surface area contributed by atoms with Crippen LogP contribution in [0, 0.1) is 0 Å². The van der Waals surface area contributed by atoms with Gasteiger partial charge in [-0.3, -0.25) is 4.79 Å². The van der Waals surface area contributed by atoms with Crippen LogP contribution in [0.4, 0.5) is 0 Å². The van der Waals surface area contributed by atoms with Crippen LogP contribution >= 0.6 is 15.9 Å². The molecule has 1 unspecified atom stereocenters. The first kappa shape index (κ1) is 18.2. The minimum Gasteiger partial charge on any atom is -0.483 e. The van der Waals surface area contributed by atoms with Gasteiger partial charge in [0.2, 0.25) is 0 Å². The summed E-state index contributed by atoms with van der Waals surface area (Å²) in [7, 11) is 0. The number of rotatable bonds is 7. The van der Waals surface area contributed by atoms with Crippen LogP contribution < -0.4 is 10.2 Å². The van der Waals surface area contributed by atoms with E-state index in [1.54, 1.807) is 6.21 Å². The van der Waals surface area contributed by atoms with Gasteiger partial charge in [-0.2, -0.15) is 5.10 Å². The number of amides is 1. The van der Waals surface area contributed by atoms with Crippen molar-refractivity contribution in [3.63, 3.8) is 0 Å². The highest BCUT2D eigenvalue weighted by Crippen LogP contribution is 2.28. The van der Waals surface area contributed by atoms with Gasteiger partial charge in [0.1, 0.15) is 5.75 Å². The second-order valence-electron chi connectivity index (χ2n) is 5.48. The zero-order chi connectivity index (χ0) is 17.4. The second kappa shape index (κ2) is 9.23. The largest absolute Gasteiger partial charge is 0.483 e. The van der Waals surface area contributed by atoms with Crippen LogP contribution in [0.1, 0.15) is 37.3 Å². The summed E-state index contributed by atoms with van der Waals surface area (Å²) in [6, 6.07) is 15.4. The van der Waals surface area contributed by atoms with E-state index < -0.39 is 0 Å². The smallest absolute Gasteiger partial charge is 0.277 e. The van der Waals surface area contributed by atoms with E-state index in [0.29, 0.717) is 5.92 Å². The first-order valence-corrected chi connectivity index (χ1v) is 8.68. The molecule has 2 rings (SSSR count). The molecule has 0 heterocycles. The number of benzene rings is 2. The van der Waals surface area contributed by atoms with Crippen molar-refractivity contribution in [3.05, 3.63) is 64.1 Å². The average Bonchev–Trinajstić information content (AvgIpc) is 2.61. The molecule has 0 saturated carbocycles. The summed E-state index contributed by atoms with van der Waals surface area (Å²) in [5.41, 5.74) is 4.49. The van der Waals surface area contributed by atoms with Gasteiger partial charge in [0.15, 0.2) is 6.61 Å². The van der Waals surface area contributed by atoms with Crippen LogP contribution in [0.15, 0.2) is 58.1 Å². The topological polar surface area (TPSA) is 50.7 Å². The summed E-state index contributed by atoms with van der Waals surface area (Å²) in [4.78, 5) is 11.9. The van der Waals surface area contributed by atoms with Crippen LogP contribution in [0.5, 0.6) is 5.75 Å². The molecule has 0 saturated heterocycles. The Hall–Kier alpha value is -2.14. The van der Waals surface area contributed by atoms with Crippen molar-refractivity contribution in [3.8, 4) is 5.75 Å². The molecule has 5 heteroatoms. The van der Waals surface area contributed by atoms with Crippen LogP contribution in [0.25, 0.3) is 0 Å². The third kappa shape index (κ3) is 5.49. The van der Waals surface area contributed by atoms with E-state index in [4.69, 9.17) is 4.74 Å². The SMILES string of the molecule is CCC(C)c1ccccc1OCC(=O)N/N=C/c1ccc(Br)cc1. The number of nitrogens with zero attached hydrogens (tertiary/aromatic N) is 1. The molecule has 0 bridgehead atoms. The van der Waals surface area contributed by atoms with Crippen molar-refractivity contribution >= 4 is 28.1 Å². The highest BCUT2D eigenvalue weighted by atomic mass is 79.9. The van der Waals surface area contributed by atoms with Crippen molar-refractivity contribution in [1.82, 2.24) is 5.43 Å². The standard InChI is InChI=1S/C19H21BrN2O2/c1-3-14(2)17-6-4-5-7-18(17)24-13-19(23)22-21-12-15-8-10-16(20)11-9-15/h4-12,14H,3,13H2,1-2H3,(H,22,23)/b21-12+. The van der Waals surface area contributed by atoms with Crippen LogP contribution in [0.3, 0.4) is 0 Å². The molecule has 1 atom stereocenters. The lowest BCUT2D eigenvalue weighted by molar-refractivity contribution is -0.123. The molecule has 4 nitrogen and oxygen atoms in total.